The molecule has 0 radical (unpaired) electrons. The maximum atomic E-state index is 12.6. The summed E-state index contributed by atoms with van der Waals surface area (Å²) in [6.07, 6.45) is 2.36. The van der Waals surface area contributed by atoms with Gasteiger partial charge in [0.15, 0.2) is 5.69 Å². The van der Waals surface area contributed by atoms with Crippen LogP contribution >= 0.6 is 11.6 Å². The van der Waals surface area contributed by atoms with Crippen LogP contribution in [-0.4, -0.2) is 51.6 Å². The number of carbonyl (C=O) groups excluding carboxylic acids is 2. The molecule has 1 aliphatic carbocycles. The molecule has 2 heterocycles. The van der Waals surface area contributed by atoms with Gasteiger partial charge in [-0.2, -0.15) is 5.10 Å². The number of rotatable bonds is 3. The van der Waals surface area contributed by atoms with Gasteiger partial charge >= 0.3 is 0 Å². The lowest BCUT2D eigenvalue weighted by atomic mass is 10.2. The summed E-state index contributed by atoms with van der Waals surface area (Å²) in [7, 11) is 0. The summed E-state index contributed by atoms with van der Waals surface area (Å²) < 4.78 is 0. The van der Waals surface area contributed by atoms with Crippen molar-refractivity contribution in [3.05, 3.63) is 28.9 Å². The molecule has 1 N–H and O–H groups in total. The minimum atomic E-state index is -0.236. The lowest BCUT2D eigenvalue weighted by Crippen LogP contribution is -2.32. The second kappa shape index (κ2) is 4.98. The van der Waals surface area contributed by atoms with E-state index in [0.717, 1.165) is 12.1 Å². The molecule has 0 bridgehead atoms. The molecule has 2 aliphatic rings. The molecule has 1 aromatic carbocycles. The van der Waals surface area contributed by atoms with E-state index in [1.54, 1.807) is 28.0 Å². The van der Waals surface area contributed by atoms with Crippen LogP contribution in [0.4, 0.5) is 0 Å². The van der Waals surface area contributed by atoms with E-state index in [0.29, 0.717) is 28.7 Å². The molecular formula is C15H15ClN4O2. The van der Waals surface area contributed by atoms with Gasteiger partial charge < -0.3 is 9.80 Å². The molecule has 2 fully saturated rings. The van der Waals surface area contributed by atoms with Crippen LogP contribution in [0.15, 0.2) is 18.2 Å². The Kier molecular flexibility index (Phi) is 3.07. The van der Waals surface area contributed by atoms with E-state index in [9.17, 15) is 9.59 Å². The first-order valence-corrected chi connectivity index (χ1v) is 7.70. The highest BCUT2D eigenvalue weighted by molar-refractivity contribution is 6.31. The molecule has 2 aromatic rings. The Morgan fingerprint density at radius 1 is 1.41 bits per heavy atom. The Bertz CT molecular complexity index is 768. The number of aromatic amines is 1. The number of halogens is 1. The van der Waals surface area contributed by atoms with Crippen LogP contribution in [-0.2, 0) is 4.79 Å². The summed E-state index contributed by atoms with van der Waals surface area (Å²) in [5.74, 6) is 0.391. The third-order valence-corrected chi connectivity index (χ3v) is 4.45. The molecule has 0 atom stereocenters. The smallest absolute Gasteiger partial charge is 0.276 e. The lowest BCUT2D eigenvalue weighted by molar-refractivity contribution is -0.126. The summed E-state index contributed by atoms with van der Waals surface area (Å²) >= 11 is 5.99. The number of benzene rings is 1. The van der Waals surface area contributed by atoms with E-state index < -0.39 is 0 Å². The molecule has 7 heteroatoms. The van der Waals surface area contributed by atoms with Crippen molar-refractivity contribution in [1.82, 2.24) is 20.0 Å². The fourth-order valence-corrected chi connectivity index (χ4v) is 2.98. The molecular weight excluding hydrogens is 304 g/mol. The highest BCUT2D eigenvalue weighted by Crippen LogP contribution is 2.31. The number of hydrogen-bond donors (Lipinski definition) is 1. The van der Waals surface area contributed by atoms with Gasteiger partial charge in [-0.15, -0.1) is 0 Å². The second-order valence-electron chi connectivity index (χ2n) is 5.97. The van der Waals surface area contributed by atoms with E-state index in [1.807, 2.05) is 0 Å². The van der Waals surface area contributed by atoms with E-state index in [-0.39, 0.29) is 18.4 Å². The maximum absolute atomic E-state index is 12.6. The number of nitrogens with zero attached hydrogens (tertiary/aromatic N) is 3. The third kappa shape index (κ3) is 2.33. The Hall–Kier alpha value is -2.08. The van der Waals surface area contributed by atoms with Crippen molar-refractivity contribution in [2.45, 2.75) is 12.8 Å². The largest absolute Gasteiger partial charge is 0.323 e. The van der Waals surface area contributed by atoms with Crippen molar-refractivity contribution in [1.29, 1.82) is 0 Å². The molecule has 1 saturated carbocycles. The monoisotopic (exact) mass is 318 g/mol. The average Bonchev–Trinajstić information content (AvgIpc) is 3.10. The summed E-state index contributed by atoms with van der Waals surface area (Å²) in [6, 6.07) is 5.25. The predicted molar refractivity (Wildman–Crippen MR) is 81.4 cm³/mol. The maximum Gasteiger partial charge on any atom is 0.276 e. The van der Waals surface area contributed by atoms with Gasteiger partial charge in [0.05, 0.1) is 12.2 Å². The first-order chi connectivity index (χ1) is 10.6. The quantitative estimate of drug-likeness (QED) is 0.939. The molecule has 0 spiro atoms. The van der Waals surface area contributed by atoms with E-state index in [2.05, 4.69) is 10.2 Å². The van der Waals surface area contributed by atoms with Gasteiger partial charge in [-0.3, -0.25) is 14.7 Å². The molecule has 0 unspecified atom stereocenters. The summed E-state index contributed by atoms with van der Waals surface area (Å²) in [6.45, 7) is 1.24. The summed E-state index contributed by atoms with van der Waals surface area (Å²) in [5, 5.41) is 8.17. The van der Waals surface area contributed by atoms with E-state index >= 15 is 0 Å². The number of amides is 2. The third-order valence-electron chi connectivity index (χ3n) is 4.21. The molecule has 6 nitrogen and oxygen atoms in total. The van der Waals surface area contributed by atoms with Gasteiger partial charge in [0.25, 0.3) is 5.91 Å². The number of hydrogen-bond acceptors (Lipinski definition) is 3. The van der Waals surface area contributed by atoms with Crippen molar-refractivity contribution in [2.24, 2.45) is 5.92 Å². The summed E-state index contributed by atoms with van der Waals surface area (Å²) in [4.78, 5) is 28.0. The number of carbonyl (C=O) groups is 2. The summed E-state index contributed by atoms with van der Waals surface area (Å²) in [5.41, 5.74) is 1.08. The molecule has 1 saturated heterocycles. The highest BCUT2D eigenvalue weighted by atomic mass is 35.5. The number of nitrogens with one attached hydrogen (secondary N) is 1. The van der Waals surface area contributed by atoms with E-state index in [1.165, 1.54) is 12.8 Å². The SMILES string of the molecule is O=C1CN(C(=O)c2n[nH]c3ccc(Cl)cc23)CN1CC1CC1. The molecule has 1 aliphatic heterocycles. The van der Waals surface area contributed by atoms with Crippen LogP contribution in [0.2, 0.25) is 5.02 Å². The van der Waals surface area contributed by atoms with Crippen LogP contribution in [0.25, 0.3) is 10.9 Å². The highest BCUT2D eigenvalue weighted by Gasteiger charge is 2.35. The second-order valence-corrected chi connectivity index (χ2v) is 6.40. The van der Waals surface area contributed by atoms with Crippen molar-refractivity contribution in [3.63, 3.8) is 0 Å². The van der Waals surface area contributed by atoms with Crippen molar-refractivity contribution in [2.75, 3.05) is 19.8 Å². The first-order valence-electron chi connectivity index (χ1n) is 7.32. The van der Waals surface area contributed by atoms with Crippen LogP contribution in [0.5, 0.6) is 0 Å². The van der Waals surface area contributed by atoms with Crippen LogP contribution < -0.4 is 0 Å². The van der Waals surface area contributed by atoms with Gasteiger partial charge in [-0.05, 0) is 37.0 Å². The van der Waals surface area contributed by atoms with Crippen LogP contribution in [0.1, 0.15) is 23.3 Å². The standard InChI is InChI=1S/C15H15ClN4O2/c16-10-3-4-12-11(5-10)14(18-17-12)15(22)20-7-13(21)19(8-20)6-9-1-2-9/h3-5,9H,1-2,6-8H2,(H,17,18). The van der Waals surface area contributed by atoms with Crippen LogP contribution in [0.3, 0.4) is 0 Å². The number of H-pyrrole nitrogens is 1. The molecule has 2 amide bonds. The normalized spacial score (nSPS) is 18.5. The number of aromatic nitrogens is 2. The van der Waals surface area contributed by atoms with Gasteiger partial charge in [0.1, 0.15) is 6.54 Å². The van der Waals surface area contributed by atoms with Gasteiger partial charge in [-0.1, -0.05) is 11.6 Å². The molecule has 114 valence electrons. The van der Waals surface area contributed by atoms with Crippen LogP contribution in [0, 0.1) is 5.92 Å². The molecule has 4 rings (SSSR count). The van der Waals surface area contributed by atoms with Gasteiger partial charge in [0.2, 0.25) is 5.91 Å². The average molecular weight is 319 g/mol. The zero-order chi connectivity index (χ0) is 15.3. The Balaban J connectivity index is 1.58. The molecule has 22 heavy (non-hydrogen) atoms. The Morgan fingerprint density at radius 2 is 2.23 bits per heavy atom. The minimum Gasteiger partial charge on any atom is -0.323 e. The van der Waals surface area contributed by atoms with E-state index in [4.69, 9.17) is 11.6 Å². The van der Waals surface area contributed by atoms with Gasteiger partial charge in [0, 0.05) is 17.0 Å². The number of fused-ring (bicyclic) bond motifs is 1. The Labute approximate surface area is 132 Å². The van der Waals surface area contributed by atoms with Crippen molar-refractivity contribution < 1.29 is 9.59 Å². The fraction of sp³-hybridized carbons (Fsp3) is 0.400. The zero-order valence-electron chi connectivity index (χ0n) is 11.9. The topological polar surface area (TPSA) is 69.3 Å². The lowest BCUT2D eigenvalue weighted by Gasteiger charge is -2.17. The predicted octanol–water partition coefficient (Wildman–Crippen LogP) is 1.87. The van der Waals surface area contributed by atoms with Crippen molar-refractivity contribution >= 4 is 34.3 Å². The first kappa shape index (κ1) is 13.6. The zero-order valence-corrected chi connectivity index (χ0v) is 12.6. The van der Waals surface area contributed by atoms with Crippen molar-refractivity contribution in [3.8, 4) is 0 Å². The minimum absolute atomic E-state index is 0.0122. The Morgan fingerprint density at radius 3 is 3.00 bits per heavy atom. The fourth-order valence-electron chi connectivity index (χ4n) is 2.80. The molecule has 1 aromatic heterocycles. The van der Waals surface area contributed by atoms with Gasteiger partial charge in [-0.25, -0.2) is 0 Å².